The summed E-state index contributed by atoms with van der Waals surface area (Å²) in [6, 6.07) is 5.96. The summed E-state index contributed by atoms with van der Waals surface area (Å²) in [4.78, 5) is 4.03. The Morgan fingerprint density at radius 1 is 1.54 bits per heavy atom. The summed E-state index contributed by atoms with van der Waals surface area (Å²) in [7, 11) is 1.71. The second-order valence-electron chi connectivity index (χ2n) is 2.68. The van der Waals surface area contributed by atoms with Crippen molar-refractivity contribution in [3.63, 3.8) is 0 Å². The van der Waals surface area contributed by atoms with Gasteiger partial charge in [-0.3, -0.25) is 4.99 Å². The van der Waals surface area contributed by atoms with Crippen molar-refractivity contribution in [2.75, 3.05) is 7.05 Å². The molecule has 0 spiro atoms. The van der Waals surface area contributed by atoms with E-state index in [0.29, 0.717) is 5.84 Å². The summed E-state index contributed by atoms with van der Waals surface area (Å²) >= 11 is 3.40. The lowest BCUT2D eigenvalue weighted by molar-refractivity contribution is 1.01. The van der Waals surface area contributed by atoms with E-state index in [1.165, 1.54) is 0 Å². The molecular formula is C9H12BrN3. The summed E-state index contributed by atoms with van der Waals surface area (Å²) in [5.74, 6) is 6.03. The smallest absolute Gasteiger partial charge is 0.142 e. The molecule has 1 aromatic rings. The molecule has 0 aliphatic rings. The summed E-state index contributed by atoms with van der Waals surface area (Å²) in [5, 5.41) is 0. The number of nitrogens with two attached hydrogens (primary N) is 1. The summed E-state index contributed by atoms with van der Waals surface area (Å²) in [6.45, 7) is 2.02. The molecule has 0 aromatic heterocycles. The first-order valence-electron chi connectivity index (χ1n) is 3.89. The van der Waals surface area contributed by atoms with E-state index in [1.54, 1.807) is 7.05 Å². The molecule has 3 nitrogen and oxygen atoms in total. The van der Waals surface area contributed by atoms with Gasteiger partial charge in [0.1, 0.15) is 5.84 Å². The minimum absolute atomic E-state index is 0.699. The highest BCUT2D eigenvalue weighted by atomic mass is 79.9. The van der Waals surface area contributed by atoms with E-state index in [2.05, 4.69) is 26.3 Å². The maximum absolute atomic E-state index is 5.33. The number of benzene rings is 1. The lowest BCUT2D eigenvalue weighted by Gasteiger charge is -2.08. The molecule has 0 saturated carbocycles. The van der Waals surface area contributed by atoms with Gasteiger partial charge in [0.05, 0.1) is 0 Å². The van der Waals surface area contributed by atoms with Crippen LogP contribution in [0.2, 0.25) is 0 Å². The Hall–Kier alpha value is -0.870. The van der Waals surface area contributed by atoms with Gasteiger partial charge in [-0.2, -0.15) is 0 Å². The molecule has 70 valence electrons. The van der Waals surface area contributed by atoms with Gasteiger partial charge in [0.2, 0.25) is 0 Å². The molecular weight excluding hydrogens is 230 g/mol. The Balaban J connectivity index is 3.15. The molecule has 3 N–H and O–H groups in total. The number of hydrazine groups is 1. The second kappa shape index (κ2) is 4.39. The van der Waals surface area contributed by atoms with Crippen molar-refractivity contribution in [1.29, 1.82) is 0 Å². The quantitative estimate of drug-likeness (QED) is 0.340. The van der Waals surface area contributed by atoms with Gasteiger partial charge in [-0.05, 0) is 30.7 Å². The first-order chi connectivity index (χ1) is 6.19. The molecule has 13 heavy (non-hydrogen) atoms. The normalized spacial score (nSPS) is 11.5. The van der Waals surface area contributed by atoms with Crippen LogP contribution in [0.5, 0.6) is 0 Å². The SMILES string of the molecule is CN=C(NN)c1ccc(Br)cc1C. The van der Waals surface area contributed by atoms with Crippen molar-refractivity contribution in [2.24, 2.45) is 10.8 Å². The molecule has 0 atom stereocenters. The van der Waals surface area contributed by atoms with E-state index in [1.807, 2.05) is 25.1 Å². The van der Waals surface area contributed by atoms with Gasteiger partial charge < -0.3 is 5.43 Å². The van der Waals surface area contributed by atoms with E-state index in [0.717, 1.165) is 15.6 Å². The van der Waals surface area contributed by atoms with Crippen LogP contribution in [0.3, 0.4) is 0 Å². The summed E-state index contributed by atoms with van der Waals surface area (Å²) in [5.41, 5.74) is 4.72. The van der Waals surface area contributed by atoms with Crippen molar-refractivity contribution in [3.05, 3.63) is 33.8 Å². The van der Waals surface area contributed by atoms with Crippen molar-refractivity contribution in [1.82, 2.24) is 5.43 Å². The molecule has 1 aromatic carbocycles. The Morgan fingerprint density at radius 2 is 2.23 bits per heavy atom. The Bertz CT molecular complexity index is 334. The average molecular weight is 242 g/mol. The molecule has 4 heteroatoms. The van der Waals surface area contributed by atoms with Crippen molar-refractivity contribution in [3.8, 4) is 0 Å². The Kier molecular flexibility index (Phi) is 3.45. The first-order valence-corrected chi connectivity index (χ1v) is 4.68. The van der Waals surface area contributed by atoms with E-state index >= 15 is 0 Å². The number of nitrogens with one attached hydrogen (secondary N) is 1. The summed E-state index contributed by atoms with van der Waals surface area (Å²) in [6.07, 6.45) is 0. The number of amidine groups is 1. The molecule has 0 unspecified atom stereocenters. The molecule has 1 rings (SSSR count). The lowest BCUT2D eigenvalue weighted by Crippen LogP contribution is -2.31. The predicted molar refractivity (Wildman–Crippen MR) is 58.7 cm³/mol. The third kappa shape index (κ3) is 2.29. The van der Waals surface area contributed by atoms with Crippen LogP contribution in [0.4, 0.5) is 0 Å². The van der Waals surface area contributed by atoms with Crippen LogP contribution in [0.1, 0.15) is 11.1 Å². The number of rotatable bonds is 1. The van der Waals surface area contributed by atoms with Crippen LogP contribution in [0.15, 0.2) is 27.7 Å². The third-order valence-corrected chi connectivity index (χ3v) is 2.30. The van der Waals surface area contributed by atoms with E-state index < -0.39 is 0 Å². The largest absolute Gasteiger partial charge is 0.308 e. The maximum atomic E-state index is 5.33. The average Bonchev–Trinajstić information content (AvgIpc) is 2.10. The number of aliphatic imine (C=N–C) groups is 1. The zero-order valence-electron chi connectivity index (χ0n) is 7.63. The van der Waals surface area contributed by atoms with Crippen molar-refractivity contribution < 1.29 is 0 Å². The zero-order chi connectivity index (χ0) is 9.84. The van der Waals surface area contributed by atoms with Crippen LogP contribution < -0.4 is 11.3 Å². The lowest BCUT2D eigenvalue weighted by atomic mass is 10.1. The number of hydrogen-bond donors (Lipinski definition) is 2. The zero-order valence-corrected chi connectivity index (χ0v) is 9.22. The standard InChI is InChI=1S/C9H12BrN3/c1-6-5-7(10)3-4-8(6)9(12-2)13-11/h3-5H,11H2,1-2H3,(H,12,13). The fourth-order valence-electron chi connectivity index (χ4n) is 1.16. The van der Waals surface area contributed by atoms with Gasteiger partial charge in [0, 0.05) is 17.1 Å². The second-order valence-corrected chi connectivity index (χ2v) is 3.59. The van der Waals surface area contributed by atoms with Crippen LogP contribution in [-0.2, 0) is 0 Å². The number of hydrogen-bond acceptors (Lipinski definition) is 2. The predicted octanol–water partition coefficient (Wildman–Crippen LogP) is 1.60. The van der Waals surface area contributed by atoms with Gasteiger partial charge in [-0.1, -0.05) is 15.9 Å². The molecule has 0 radical (unpaired) electrons. The topological polar surface area (TPSA) is 50.4 Å². The van der Waals surface area contributed by atoms with Gasteiger partial charge >= 0.3 is 0 Å². The fourth-order valence-corrected chi connectivity index (χ4v) is 1.63. The number of halogens is 1. The molecule has 0 fully saturated rings. The van der Waals surface area contributed by atoms with Crippen molar-refractivity contribution in [2.45, 2.75) is 6.92 Å². The van der Waals surface area contributed by atoms with Gasteiger partial charge in [0.25, 0.3) is 0 Å². The highest BCUT2D eigenvalue weighted by molar-refractivity contribution is 9.10. The van der Waals surface area contributed by atoms with Crippen LogP contribution in [0, 0.1) is 6.92 Å². The van der Waals surface area contributed by atoms with E-state index in [4.69, 9.17) is 5.84 Å². The number of nitrogens with zero attached hydrogens (tertiary/aromatic N) is 1. The molecule has 0 aliphatic carbocycles. The van der Waals surface area contributed by atoms with Gasteiger partial charge in [-0.15, -0.1) is 0 Å². The summed E-state index contributed by atoms with van der Waals surface area (Å²) < 4.78 is 1.06. The minimum Gasteiger partial charge on any atom is -0.308 e. The van der Waals surface area contributed by atoms with Crippen LogP contribution >= 0.6 is 15.9 Å². The number of aryl methyl sites for hydroxylation is 1. The van der Waals surface area contributed by atoms with Crippen molar-refractivity contribution >= 4 is 21.8 Å². The first kappa shape index (κ1) is 10.2. The van der Waals surface area contributed by atoms with E-state index in [-0.39, 0.29) is 0 Å². The van der Waals surface area contributed by atoms with Crippen LogP contribution in [-0.4, -0.2) is 12.9 Å². The third-order valence-electron chi connectivity index (χ3n) is 1.80. The molecule has 0 saturated heterocycles. The highest BCUT2D eigenvalue weighted by Crippen LogP contribution is 2.15. The van der Waals surface area contributed by atoms with Gasteiger partial charge in [0.15, 0.2) is 0 Å². The monoisotopic (exact) mass is 241 g/mol. The van der Waals surface area contributed by atoms with E-state index in [9.17, 15) is 0 Å². The Labute approximate surface area is 86.1 Å². The molecule has 0 heterocycles. The fraction of sp³-hybridized carbons (Fsp3) is 0.222. The minimum atomic E-state index is 0.699. The molecule has 0 bridgehead atoms. The highest BCUT2D eigenvalue weighted by Gasteiger charge is 2.03. The maximum Gasteiger partial charge on any atom is 0.142 e. The Morgan fingerprint density at radius 3 is 2.69 bits per heavy atom. The molecule has 0 amide bonds. The molecule has 0 aliphatic heterocycles. The van der Waals surface area contributed by atoms with Gasteiger partial charge in [-0.25, -0.2) is 5.84 Å². The van der Waals surface area contributed by atoms with Crippen LogP contribution in [0.25, 0.3) is 0 Å².